The van der Waals surface area contributed by atoms with E-state index in [1.54, 1.807) is 24.3 Å². The van der Waals surface area contributed by atoms with E-state index in [1.165, 1.54) is 15.1 Å². The van der Waals surface area contributed by atoms with Gasteiger partial charge in [-0.3, -0.25) is 0 Å². The van der Waals surface area contributed by atoms with Crippen molar-refractivity contribution in [2.75, 3.05) is 0 Å². The fourth-order valence-corrected chi connectivity index (χ4v) is 7.12. The van der Waals surface area contributed by atoms with Crippen molar-refractivity contribution in [3.8, 4) is 16.9 Å². The molecule has 0 N–H and O–H groups in total. The van der Waals surface area contributed by atoms with Gasteiger partial charge in [-0.1, -0.05) is 91.0 Å². The summed E-state index contributed by atoms with van der Waals surface area (Å²) in [7, 11) is -3.82. The summed E-state index contributed by atoms with van der Waals surface area (Å²) in [6, 6.07) is 47.5. The second-order valence-electron chi connectivity index (χ2n) is 9.98. The van der Waals surface area contributed by atoms with E-state index in [0.29, 0.717) is 17.6 Å². The molecular weight excluding hydrogens is 577 g/mol. The first-order valence-electron chi connectivity index (χ1n) is 13.6. The van der Waals surface area contributed by atoms with Crippen LogP contribution in [0.15, 0.2) is 150 Å². The standard InChI is InChI=1S/C35H26N2O2S.O2S/c38-40(39,32-18-5-2-6-19-32)37-34-21-10-8-14-29(34)25-35(37)27-15-11-12-26(22-27)23-31-24-28-13-7-9-20-33(28)36(31)30-16-3-1-4-17-30;1-3-2/h1-22,24-25H,23H2;. The van der Waals surface area contributed by atoms with Crippen LogP contribution < -0.4 is 0 Å². The molecule has 212 valence electrons. The van der Waals surface area contributed by atoms with Crippen LogP contribution in [0.2, 0.25) is 0 Å². The molecule has 0 saturated carbocycles. The second kappa shape index (κ2) is 12.1. The van der Waals surface area contributed by atoms with Crippen LogP contribution >= 0.6 is 0 Å². The molecule has 0 bridgehead atoms. The van der Waals surface area contributed by atoms with E-state index in [-0.39, 0.29) is 4.90 Å². The Bertz CT molecular complexity index is 2200. The Balaban J connectivity index is 0.00000105. The Hall–Kier alpha value is -5.05. The Morgan fingerprint density at radius 1 is 0.581 bits per heavy atom. The van der Waals surface area contributed by atoms with Crippen LogP contribution in [0.1, 0.15) is 11.3 Å². The Kier molecular flexibility index (Phi) is 7.87. The number of fused-ring (bicyclic) bond motifs is 2. The van der Waals surface area contributed by atoms with Gasteiger partial charge in [0, 0.05) is 28.6 Å². The molecule has 2 heterocycles. The maximum Gasteiger partial charge on any atom is 0.335 e. The summed E-state index contributed by atoms with van der Waals surface area (Å²) in [5.41, 5.74) is 6.72. The van der Waals surface area contributed by atoms with Crippen molar-refractivity contribution in [2.24, 2.45) is 0 Å². The minimum absolute atomic E-state index is 0.265. The molecule has 2 aromatic heterocycles. The number of benzene rings is 5. The van der Waals surface area contributed by atoms with Gasteiger partial charge in [0.2, 0.25) is 0 Å². The largest absolute Gasteiger partial charge is 0.335 e. The highest BCUT2D eigenvalue weighted by atomic mass is 32.2. The molecule has 43 heavy (non-hydrogen) atoms. The number of aromatic nitrogens is 2. The van der Waals surface area contributed by atoms with Crippen molar-refractivity contribution in [1.29, 1.82) is 0 Å². The van der Waals surface area contributed by atoms with Crippen molar-refractivity contribution >= 4 is 43.4 Å². The zero-order valence-corrected chi connectivity index (χ0v) is 24.5. The third-order valence-corrected chi connectivity index (χ3v) is 9.10. The minimum Gasteiger partial charge on any atom is -0.313 e. The summed E-state index contributed by atoms with van der Waals surface area (Å²) in [6.45, 7) is 0. The van der Waals surface area contributed by atoms with E-state index >= 15 is 0 Å². The molecule has 0 aliphatic heterocycles. The fraction of sp³-hybridized carbons (Fsp3) is 0.0286. The quantitative estimate of drug-likeness (QED) is 0.199. The van der Waals surface area contributed by atoms with Gasteiger partial charge in [-0.15, -0.1) is 0 Å². The van der Waals surface area contributed by atoms with Gasteiger partial charge in [-0.2, -0.15) is 8.42 Å². The molecule has 0 atom stereocenters. The lowest BCUT2D eigenvalue weighted by molar-refractivity contribution is 0.589. The van der Waals surface area contributed by atoms with E-state index in [4.69, 9.17) is 8.42 Å². The van der Waals surface area contributed by atoms with Crippen molar-refractivity contribution < 1.29 is 16.8 Å². The molecule has 0 aliphatic rings. The third-order valence-electron chi connectivity index (χ3n) is 7.36. The highest BCUT2D eigenvalue weighted by Gasteiger charge is 2.24. The third kappa shape index (κ3) is 5.46. The molecule has 0 fully saturated rings. The molecule has 8 heteroatoms. The molecule has 0 saturated heterocycles. The van der Waals surface area contributed by atoms with Crippen molar-refractivity contribution in [2.45, 2.75) is 11.3 Å². The van der Waals surface area contributed by atoms with Crippen LogP contribution in [0, 0.1) is 0 Å². The Morgan fingerprint density at radius 2 is 1.16 bits per heavy atom. The van der Waals surface area contributed by atoms with Crippen LogP contribution in [0.5, 0.6) is 0 Å². The van der Waals surface area contributed by atoms with Crippen LogP contribution in [0.4, 0.5) is 0 Å². The minimum atomic E-state index is -3.82. The van der Waals surface area contributed by atoms with Crippen molar-refractivity contribution in [3.63, 3.8) is 0 Å². The van der Waals surface area contributed by atoms with E-state index in [9.17, 15) is 8.42 Å². The van der Waals surface area contributed by atoms with Gasteiger partial charge in [0.25, 0.3) is 10.0 Å². The molecule has 7 aromatic rings. The Morgan fingerprint density at radius 3 is 1.86 bits per heavy atom. The first-order chi connectivity index (χ1) is 21.0. The number of hydrogen-bond donors (Lipinski definition) is 0. The number of nitrogens with zero attached hydrogens (tertiary/aromatic N) is 2. The molecule has 5 aromatic carbocycles. The SMILES string of the molecule is O=S(=O)(c1ccccc1)n1c(-c2cccc(Cc3cc4ccccc4n3-c3ccccc3)c2)cc2ccccc21.O=S=O. The van der Waals surface area contributed by atoms with E-state index in [1.807, 2.05) is 54.6 Å². The lowest BCUT2D eigenvalue weighted by Gasteiger charge is -2.14. The van der Waals surface area contributed by atoms with Crippen molar-refractivity contribution in [1.82, 2.24) is 8.54 Å². The monoisotopic (exact) mass is 602 g/mol. The summed E-state index contributed by atoms with van der Waals surface area (Å²) in [5.74, 6) is 0. The summed E-state index contributed by atoms with van der Waals surface area (Å²) in [5, 5.41) is 2.07. The first kappa shape index (κ1) is 28.1. The van der Waals surface area contributed by atoms with Crippen LogP contribution in [-0.2, 0) is 28.0 Å². The zero-order valence-electron chi connectivity index (χ0n) is 22.9. The summed E-state index contributed by atoms with van der Waals surface area (Å²) >= 11 is -0.750. The van der Waals surface area contributed by atoms with Gasteiger partial charge in [0.1, 0.15) is 0 Å². The van der Waals surface area contributed by atoms with Crippen LogP contribution in [0.25, 0.3) is 38.8 Å². The molecule has 0 spiro atoms. The number of rotatable bonds is 6. The second-order valence-corrected chi connectivity index (χ2v) is 11.9. The van der Waals surface area contributed by atoms with Crippen molar-refractivity contribution in [3.05, 3.63) is 157 Å². The molecule has 0 radical (unpaired) electrons. The van der Waals surface area contributed by atoms with Crippen LogP contribution in [-0.4, -0.2) is 25.4 Å². The molecule has 0 unspecified atom stereocenters. The predicted octanol–water partition coefficient (Wildman–Crippen LogP) is 7.41. The predicted molar refractivity (Wildman–Crippen MR) is 171 cm³/mol. The lowest BCUT2D eigenvalue weighted by Crippen LogP contribution is -2.14. The summed E-state index contributed by atoms with van der Waals surface area (Å²) < 4.78 is 48.3. The van der Waals surface area contributed by atoms with Gasteiger partial charge < -0.3 is 4.57 Å². The molecular formula is C35H26N2O4S2. The molecule has 7 rings (SSSR count). The molecule has 6 nitrogen and oxygen atoms in total. The number of hydrogen-bond acceptors (Lipinski definition) is 4. The van der Waals surface area contributed by atoms with Gasteiger partial charge in [0.15, 0.2) is 0 Å². The highest BCUT2D eigenvalue weighted by Crippen LogP contribution is 2.33. The molecule has 0 aliphatic carbocycles. The maximum absolute atomic E-state index is 13.9. The number of para-hydroxylation sites is 3. The zero-order chi connectivity index (χ0) is 29.8. The maximum atomic E-state index is 13.9. The topological polar surface area (TPSA) is 78.1 Å². The smallest absolute Gasteiger partial charge is 0.313 e. The van der Waals surface area contributed by atoms with Gasteiger partial charge >= 0.3 is 11.6 Å². The normalized spacial score (nSPS) is 11.3. The fourth-order valence-electron chi connectivity index (χ4n) is 5.56. The van der Waals surface area contributed by atoms with E-state index in [2.05, 4.69) is 71.3 Å². The first-order valence-corrected chi connectivity index (χ1v) is 15.7. The summed E-state index contributed by atoms with van der Waals surface area (Å²) in [4.78, 5) is 0.265. The van der Waals surface area contributed by atoms with Crippen LogP contribution in [0.3, 0.4) is 0 Å². The van der Waals surface area contributed by atoms with E-state index < -0.39 is 21.6 Å². The van der Waals surface area contributed by atoms with Gasteiger partial charge in [0.05, 0.1) is 21.6 Å². The lowest BCUT2D eigenvalue weighted by atomic mass is 10.0. The Labute approximate surface area is 253 Å². The average Bonchev–Trinajstić information content (AvgIpc) is 3.61. The molecule has 0 amide bonds. The van der Waals surface area contributed by atoms with Gasteiger partial charge in [-0.25, -0.2) is 12.4 Å². The van der Waals surface area contributed by atoms with E-state index in [0.717, 1.165) is 27.7 Å². The summed E-state index contributed by atoms with van der Waals surface area (Å²) in [6.07, 6.45) is 0.697. The highest BCUT2D eigenvalue weighted by molar-refractivity contribution is 7.90. The van der Waals surface area contributed by atoms with Gasteiger partial charge in [-0.05, 0) is 65.7 Å². The average molecular weight is 603 g/mol.